The Morgan fingerprint density at radius 1 is 0.872 bits per heavy atom. The van der Waals surface area contributed by atoms with Gasteiger partial charge < -0.3 is 31.1 Å². The Bertz CT molecular complexity index is 1120. The molecular formula is C29H37ClN2O7. The van der Waals surface area contributed by atoms with Gasteiger partial charge >= 0.3 is 11.9 Å². The molecule has 0 aromatic heterocycles. The minimum Gasteiger partial charge on any atom is -0.479 e. The van der Waals surface area contributed by atoms with E-state index in [0.29, 0.717) is 12.2 Å². The predicted octanol–water partition coefficient (Wildman–Crippen LogP) is 3.21. The summed E-state index contributed by atoms with van der Waals surface area (Å²) in [5.74, 6) is -2.83. The first-order valence-corrected chi connectivity index (χ1v) is 13.7. The second-order valence-electron chi connectivity index (χ2n) is 10.0. The van der Waals surface area contributed by atoms with Gasteiger partial charge in [-0.3, -0.25) is 4.79 Å². The van der Waals surface area contributed by atoms with Crippen molar-refractivity contribution in [1.29, 1.82) is 0 Å². The first-order chi connectivity index (χ1) is 18.7. The largest absolute Gasteiger partial charge is 0.479 e. The number of rotatable bonds is 9. The van der Waals surface area contributed by atoms with Crippen molar-refractivity contribution in [2.75, 3.05) is 18.4 Å². The van der Waals surface area contributed by atoms with Crippen molar-refractivity contribution in [3.05, 3.63) is 63.7 Å². The van der Waals surface area contributed by atoms with Crippen molar-refractivity contribution in [2.45, 2.75) is 70.1 Å². The van der Waals surface area contributed by atoms with Gasteiger partial charge in [-0.2, -0.15) is 0 Å². The Balaban J connectivity index is 0.000000360. The minimum absolute atomic E-state index is 0.287. The molecule has 0 bridgehead atoms. The van der Waals surface area contributed by atoms with Crippen molar-refractivity contribution in [2.24, 2.45) is 5.92 Å². The number of halogens is 1. The van der Waals surface area contributed by atoms with E-state index in [1.54, 1.807) is 0 Å². The summed E-state index contributed by atoms with van der Waals surface area (Å²) in [7, 11) is 0. The molecule has 2 aliphatic rings. The average molecular weight is 561 g/mol. The number of anilines is 1. The molecule has 1 fully saturated rings. The molecule has 2 atom stereocenters. The molecule has 0 spiro atoms. The summed E-state index contributed by atoms with van der Waals surface area (Å²) in [4.78, 5) is 32.1. The van der Waals surface area contributed by atoms with Gasteiger partial charge in [0.2, 0.25) is 0 Å². The topological polar surface area (TPSA) is 156 Å². The molecule has 10 heteroatoms. The van der Waals surface area contributed by atoms with E-state index >= 15 is 0 Å². The molecule has 1 heterocycles. The van der Waals surface area contributed by atoms with E-state index in [9.17, 15) is 14.4 Å². The van der Waals surface area contributed by atoms with Crippen LogP contribution in [-0.2, 0) is 40.2 Å². The number of aliphatic hydroxyl groups is 2. The normalized spacial score (nSPS) is 17.0. The molecule has 212 valence electrons. The number of aliphatic hydroxyl groups excluding tert-OH is 2. The van der Waals surface area contributed by atoms with Crippen LogP contribution in [0.5, 0.6) is 0 Å². The summed E-state index contributed by atoms with van der Waals surface area (Å²) in [5.41, 5.74) is 6.14. The number of fused-ring (bicyclic) bond motifs is 1. The van der Waals surface area contributed by atoms with Gasteiger partial charge in [0, 0.05) is 18.9 Å². The van der Waals surface area contributed by atoms with E-state index in [1.165, 1.54) is 36.0 Å². The van der Waals surface area contributed by atoms with Crippen LogP contribution in [0.3, 0.4) is 0 Å². The van der Waals surface area contributed by atoms with Gasteiger partial charge in [-0.15, -0.1) is 0 Å². The van der Waals surface area contributed by atoms with Gasteiger partial charge in [0.25, 0.3) is 0 Å². The van der Waals surface area contributed by atoms with Gasteiger partial charge in [0.05, 0.1) is 10.7 Å². The Morgan fingerprint density at radius 3 is 2.08 bits per heavy atom. The van der Waals surface area contributed by atoms with Crippen LogP contribution in [0.25, 0.3) is 0 Å². The zero-order valence-corrected chi connectivity index (χ0v) is 22.6. The lowest BCUT2D eigenvalue weighted by atomic mass is 9.84. The average Bonchev–Trinajstić information content (AvgIpc) is 3.19. The van der Waals surface area contributed by atoms with E-state index < -0.39 is 24.1 Å². The molecule has 0 amide bonds. The zero-order valence-electron chi connectivity index (χ0n) is 21.9. The van der Waals surface area contributed by atoms with Gasteiger partial charge in [0.1, 0.15) is 5.78 Å². The molecule has 0 saturated heterocycles. The smallest absolute Gasteiger partial charge is 0.335 e. The zero-order chi connectivity index (χ0) is 28.4. The molecule has 9 nitrogen and oxygen atoms in total. The van der Waals surface area contributed by atoms with Crippen molar-refractivity contribution < 1.29 is 34.8 Å². The Morgan fingerprint density at radius 2 is 1.46 bits per heavy atom. The highest BCUT2D eigenvalue weighted by Crippen LogP contribution is 2.31. The van der Waals surface area contributed by atoms with E-state index in [2.05, 4.69) is 41.0 Å². The number of carboxylic acids is 2. The summed E-state index contributed by atoms with van der Waals surface area (Å²) >= 11 is 6.52. The quantitative estimate of drug-likeness (QED) is 0.271. The summed E-state index contributed by atoms with van der Waals surface area (Å²) in [6.45, 7) is 2.75. The second kappa shape index (κ2) is 15.0. The van der Waals surface area contributed by atoms with E-state index in [1.807, 2.05) is 6.07 Å². The fourth-order valence-corrected chi connectivity index (χ4v) is 5.18. The van der Waals surface area contributed by atoms with Crippen molar-refractivity contribution in [1.82, 2.24) is 5.32 Å². The maximum atomic E-state index is 12.5. The van der Waals surface area contributed by atoms with Gasteiger partial charge in [-0.1, -0.05) is 61.2 Å². The van der Waals surface area contributed by atoms with Gasteiger partial charge in [-0.05, 0) is 67.1 Å². The van der Waals surface area contributed by atoms with E-state index in [0.717, 1.165) is 61.6 Å². The van der Waals surface area contributed by atoms with Crippen LogP contribution < -0.4 is 10.6 Å². The number of aliphatic carboxylic acids is 2. The molecule has 1 saturated carbocycles. The third-order valence-electron chi connectivity index (χ3n) is 7.22. The SMILES string of the molecule is O=C(Cc1ccc(CNc2c(Cl)ccc3c2CCNCC3)cc1)C1CCCCC1.O=C(O)C(O)C(O)C(=O)O. The third-order valence-corrected chi connectivity index (χ3v) is 7.53. The highest BCUT2D eigenvalue weighted by atomic mass is 35.5. The minimum atomic E-state index is -2.27. The third kappa shape index (κ3) is 9.03. The Kier molecular flexibility index (Phi) is 11.7. The number of carbonyl (C=O) groups excluding carboxylic acids is 1. The van der Waals surface area contributed by atoms with Crippen molar-refractivity contribution in [3.8, 4) is 0 Å². The molecule has 1 aliphatic carbocycles. The molecule has 2 unspecified atom stereocenters. The van der Waals surface area contributed by atoms with Crippen molar-refractivity contribution in [3.63, 3.8) is 0 Å². The van der Waals surface area contributed by atoms with Crippen LogP contribution in [0.1, 0.15) is 54.4 Å². The van der Waals surface area contributed by atoms with Crippen LogP contribution in [-0.4, -0.2) is 63.4 Å². The van der Waals surface area contributed by atoms with Gasteiger partial charge in [-0.25, -0.2) is 9.59 Å². The number of benzene rings is 2. The highest BCUT2D eigenvalue weighted by Gasteiger charge is 2.29. The summed E-state index contributed by atoms with van der Waals surface area (Å²) in [5, 5.41) is 40.3. The first kappa shape index (κ1) is 30.6. The Hall–Kier alpha value is -2.98. The first-order valence-electron chi connectivity index (χ1n) is 13.3. The highest BCUT2D eigenvalue weighted by molar-refractivity contribution is 6.33. The van der Waals surface area contributed by atoms with Crippen LogP contribution in [0.4, 0.5) is 5.69 Å². The second-order valence-corrected chi connectivity index (χ2v) is 10.4. The molecule has 1 aliphatic heterocycles. The van der Waals surface area contributed by atoms with E-state index in [4.69, 9.17) is 32.0 Å². The molecule has 2 aromatic rings. The number of carboxylic acid groups (broad SMARTS) is 2. The Labute approximate surface area is 233 Å². The van der Waals surface area contributed by atoms with Crippen LogP contribution in [0.15, 0.2) is 36.4 Å². The number of Topliss-reactive ketones (excluding diaryl/α,β-unsaturated/α-hetero) is 1. The number of hydrogen-bond donors (Lipinski definition) is 6. The van der Waals surface area contributed by atoms with E-state index in [-0.39, 0.29) is 5.92 Å². The molecule has 4 rings (SSSR count). The fourth-order valence-electron chi connectivity index (χ4n) is 4.94. The predicted molar refractivity (Wildman–Crippen MR) is 148 cm³/mol. The standard InChI is InChI=1S/C25H31ClN2O.C4H6O6/c26-23-11-10-20-12-14-27-15-13-22(20)25(23)28-17-19-8-6-18(7-9-19)16-24(29)21-4-2-1-3-5-21;5-1(3(7)8)2(6)4(9)10/h6-11,21,27-28H,1-5,12-17H2;1-2,5-6H,(H,7,8)(H,9,10). The number of carbonyl (C=O) groups is 3. The number of ketones is 1. The number of hydrogen-bond acceptors (Lipinski definition) is 7. The summed E-state index contributed by atoms with van der Waals surface area (Å²) in [6, 6.07) is 12.6. The lowest BCUT2D eigenvalue weighted by Gasteiger charge is -2.20. The fraction of sp³-hybridized carbons (Fsp3) is 0.483. The monoisotopic (exact) mass is 560 g/mol. The maximum Gasteiger partial charge on any atom is 0.335 e. The van der Waals surface area contributed by atoms with Crippen molar-refractivity contribution >= 4 is 35.0 Å². The molecule has 0 radical (unpaired) electrons. The van der Waals surface area contributed by atoms with Crippen LogP contribution >= 0.6 is 11.6 Å². The van der Waals surface area contributed by atoms with Gasteiger partial charge in [0.15, 0.2) is 12.2 Å². The molecule has 6 N–H and O–H groups in total. The summed E-state index contributed by atoms with van der Waals surface area (Å²) < 4.78 is 0. The lowest BCUT2D eigenvalue weighted by Crippen LogP contribution is -2.39. The number of nitrogens with one attached hydrogen (secondary N) is 2. The molecular weight excluding hydrogens is 524 g/mol. The lowest BCUT2D eigenvalue weighted by molar-refractivity contribution is -0.165. The maximum absolute atomic E-state index is 12.5. The molecule has 2 aromatic carbocycles. The van der Waals surface area contributed by atoms with Crippen LogP contribution in [0.2, 0.25) is 5.02 Å². The van der Waals surface area contributed by atoms with Crippen LogP contribution in [0, 0.1) is 5.92 Å². The summed E-state index contributed by atoms with van der Waals surface area (Å²) in [6.07, 6.45) is 3.96. The molecule has 39 heavy (non-hydrogen) atoms.